The molecular weight excluding hydrogens is 372 g/mol. The molecule has 4 rings (SSSR count). The van der Waals surface area contributed by atoms with Crippen molar-refractivity contribution in [3.63, 3.8) is 0 Å². The lowest BCUT2D eigenvalue weighted by Crippen LogP contribution is -2.39. The Kier molecular flexibility index (Phi) is 5.81. The molecule has 1 aromatic heterocycles. The van der Waals surface area contributed by atoms with Gasteiger partial charge in [0.15, 0.2) is 0 Å². The van der Waals surface area contributed by atoms with E-state index in [2.05, 4.69) is 10.4 Å². The Morgan fingerprint density at radius 2 is 1.93 bits per heavy atom. The van der Waals surface area contributed by atoms with Gasteiger partial charge in [0.2, 0.25) is 5.91 Å². The fourth-order valence-corrected chi connectivity index (χ4v) is 4.70. The lowest BCUT2D eigenvalue weighted by atomic mass is 10.0. The molecule has 0 atom stereocenters. The Balaban J connectivity index is 1.32. The maximum absolute atomic E-state index is 12.5. The van der Waals surface area contributed by atoms with Crippen LogP contribution < -0.4 is 5.32 Å². The SMILES string of the molecule is O=C(NCCc1nc2c(s1)CCCC2)C1=NN(Cc2ccccc2)C(=O)CC1. The third-order valence-electron chi connectivity index (χ3n) is 5.06. The smallest absolute Gasteiger partial charge is 0.267 e. The minimum atomic E-state index is -0.188. The Morgan fingerprint density at radius 3 is 2.75 bits per heavy atom. The molecule has 0 saturated carbocycles. The van der Waals surface area contributed by atoms with Gasteiger partial charge in [0.25, 0.3) is 5.91 Å². The van der Waals surface area contributed by atoms with Gasteiger partial charge in [-0.1, -0.05) is 30.3 Å². The Labute approximate surface area is 168 Å². The standard InChI is InChI=1S/C21H24N4O2S/c26-20-11-10-17(24-25(20)14-15-6-2-1-3-7-15)21(27)22-13-12-19-23-16-8-4-5-9-18(16)28-19/h1-3,6-7H,4-5,8-14H2,(H,22,27). The number of rotatable bonds is 6. The van der Waals surface area contributed by atoms with E-state index in [4.69, 9.17) is 4.98 Å². The number of aromatic nitrogens is 1. The molecule has 0 bridgehead atoms. The number of nitrogens with zero attached hydrogens (tertiary/aromatic N) is 3. The molecule has 28 heavy (non-hydrogen) atoms. The van der Waals surface area contributed by atoms with E-state index in [0.29, 0.717) is 31.6 Å². The zero-order valence-electron chi connectivity index (χ0n) is 15.8. The van der Waals surface area contributed by atoms with Crippen LogP contribution >= 0.6 is 11.3 Å². The first-order valence-corrected chi connectivity index (χ1v) is 10.7. The van der Waals surface area contributed by atoms with Crippen LogP contribution in [0.3, 0.4) is 0 Å². The third kappa shape index (κ3) is 4.47. The summed E-state index contributed by atoms with van der Waals surface area (Å²) in [5, 5.41) is 9.75. The van der Waals surface area contributed by atoms with Crippen molar-refractivity contribution >= 4 is 28.9 Å². The van der Waals surface area contributed by atoms with E-state index < -0.39 is 0 Å². The zero-order chi connectivity index (χ0) is 19.3. The van der Waals surface area contributed by atoms with Crippen LogP contribution in [0.15, 0.2) is 35.4 Å². The van der Waals surface area contributed by atoms with Crippen LogP contribution in [0, 0.1) is 0 Å². The molecular formula is C21H24N4O2S. The molecule has 1 aliphatic carbocycles. The normalized spacial score (nSPS) is 16.5. The average Bonchev–Trinajstić information content (AvgIpc) is 3.13. The van der Waals surface area contributed by atoms with Crippen molar-refractivity contribution in [2.24, 2.45) is 5.10 Å². The molecule has 0 fully saturated rings. The van der Waals surface area contributed by atoms with Crippen molar-refractivity contribution in [1.82, 2.24) is 15.3 Å². The van der Waals surface area contributed by atoms with Crippen molar-refractivity contribution in [3.8, 4) is 0 Å². The fraction of sp³-hybridized carbons (Fsp3) is 0.429. The monoisotopic (exact) mass is 396 g/mol. The number of carbonyl (C=O) groups excluding carboxylic acids is 2. The van der Waals surface area contributed by atoms with E-state index in [1.54, 1.807) is 11.3 Å². The number of hydrazone groups is 1. The summed E-state index contributed by atoms with van der Waals surface area (Å²) < 4.78 is 0. The largest absolute Gasteiger partial charge is 0.351 e. The first-order valence-electron chi connectivity index (χ1n) is 9.86. The molecule has 2 amide bonds. The van der Waals surface area contributed by atoms with E-state index in [9.17, 15) is 9.59 Å². The summed E-state index contributed by atoms with van der Waals surface area (Å²) in [6.45, 7) is 0.929. The van der Waals surface area contributed by atoms with Crippen LogP contribution in [-0.2, 0) is 35.4 Å². The Hall–Kier alpha value is -2.54. The van der Waals surface area contributed by atoms with Crippen LogP contribution in [0.2, 0.25) is 0 Å². The Bertz CT molecular complexity index is 868. The van der Waals surface area contributed by atoms with Crippen molar-refractivity contribution in [2.75, 3.05) is 6.54 Å². The van der Waals surface area contributed by atoms with E-state index in [1.165, 1.54) is 28.4 Å². The molecule has 6 nitrogen and oxygen atoms in total. The summed E-state index contributed by atoms with van der Waals surface area (Å²) in [5.74, 6) is -0.236. The van der Waals surface area contributed by atoms with Gasteiger partial charge in [-0.2, -0.15) is 5.10 Å². The summed E-state index contributed by atoms with van der Waals surface area (Å²) in [4.78, 5) is 30.8. The highest BCUT2D eigenvalue weighted by atomic mass is 32.1. The van der Waals surface area contributed by atoms with E-state index >= 15 is 0 Å². The number of hydrogen-bond acceptors (Lipinski definition) is 5. The number of amides is 2. The second kappa shape index (κ2) is 8.65. The number of fused-ring (bicyclic) bond motifs is 1. The molecule has 146 valence electrons. The summed E-state index contributed by atoms with van der Waals surface area (Å²) >= 11 is 1.78. The molecule has 0 spiro atoms. The summed E-state index contributed by atoms with van der Waals surface area (Å²) in [6.07, 6.45) is 6.15. The number of benzene rings is 1. The molecule has 2 aliphatic rings. The van der Waals surface area contributed by atoms with Gasteiger partial charge in [-0.15, -0.1) is 11.3 Å². The second-order valence-electron chi connectivity index (χ2n) is 7.17. The molecule has 1 N–H and O–H groups in total. The van der Waals surface area contributed by atoms with E-state index in [-0.39, 0.29) is 11.8 Å². The van der Waals surface area contributed by atoms with Crippen molar-refractivity contribution < 1.29 is 9.59 Å². The highest BCUT2D eigenvalue weighted by molar-refractivity contribution is 7.11. The molecule has 0 radical (unpaired) electrons. The molecule has 7 heteroatoms. The van der Waals surface area contributed by atoms with Gasteiger partial charge in [-0.25, -0.2) is 9.99 Å². The molecule has 2 heterocycles. The first kappa shape index (κ1) is 18.8. The van der Waals surface area contributed by atoms with Gasteiger partial charge in [0.1, 0.15) is 5.71 Å². The predicted octanol–water partition coefficient (Wildman–Crippen LogP) is 2.86. The van der Waals surface area contributed by atoms with E-state index in [1.807, 2.05) is 30.3 Å². The quantitative estimate of drug-likeness (QED) is 0.816. The third-order valence-corrected chi connectivity index (χ3v) is 6.27. The fourth-order valence-electron chi connectivity index (χ4n) is 3.54. The maximum atomic E-state index is 12.5. The first-order chi connectivity index (χ1) is 13.7. The molecule has 2 aromatic rings. The van der Waals surface area contributed by atoms with Gasteiger partial charge in [0, 0.05) is 30.7 Å². The highest BCUT2D eigenvalue weighted by Gasteiger charge is 2.24. The zero-order valence-corrected chi connectivity index (χ0v) is 16.6. The van der Waals surface area contributed by atoms with Crippen LogP contribution in [0.25, 0.3) is 0 Å². The van der Waals surface area contributed by atoms with Gasteiger partial charge >= 0.3 is 0 Å². The molecule has 1 aromatic carbocycles. The average molecular weight is 397 g/mol. The number of thiazole rings is 1. The van der Waals surface area contributed by atoms with Crippen LogP contribution in [-0.4, -0.2) is 34.1 Å². The lowest BCUT2D eigenvalue weighted by molar-refractivity contribution is -0.132. The highest BCUT2D eigenvalue weighted by Crippen LogP contribution is 2.26. The minimum Gasteiger partial charge on any atom is -0.351 e. The Morgan fingerprint density at radius 1 is 1.11 bits per heavy atom. The summed E-state index contributed by atoms with van der Waals surface area (Å²) in [6, 6.07) is 9.69. The second-order valence-corrected chi connectivity index (χ2v) is 8.34. The number of nitrogens with one attached hydrogen (secondary N) is 1. The van der Waals surface area contributed by atoms with Gasteiger partial charge in [0.05, 0.1) is 17.2 Å². The summed E-state index contributed by atoms with van der Waals surface area (Å²) in [5.41, 5.74) is 2.67. The van der Waals surface area contributed by atoms with Crippen molar-refractivity contribution in [3.05, 3.63) is 51.5 Å². The number of carbonyl (C=O) groups is 2. The molecule has 1 aliphatic heterocycles. The van der Waals surface area contributed by atoms with Gasteiger partial charge in [-0.3, -0.25) is 9.59 Å². The maximum Gasteiger partial charge on any atom is 0.267 e. The van der Waals surface area contributed by atoms with Crippen LogP contribution in [0.5, 0.6) is 0 Å². The van der Waals surface area contributed by atoms with Crippen molar-refractivity contribution in [1.29, 1.82) is 0 Å². The lowest BCUT2D eigenvalue weighted by Gasteiger charge is -2.23. The van der Waals surface area contributed by atoms with Crippen LogP contribution in [0.1, 0.15) is 46.8 Å². The number of aryl methyl sites for hydroxylation is 2. The van der Waals surface area contributed by atoms with Gasteiger partial charge in [-0.05, 0) is 31.2 Å². The number of hydrogen-bond donors (Lipinski definition) is 1. The van der Waals surface area contributed by atoms with Crippen molar-refractivity contribution in [2.45, 2.75) is 51.5 Å². The van der Waals surface area contributed by atoms with E-state index in [0.717, 1.165) is 29.8 Å². The predicted molar refractivity (Wildman–Crippen MR) is 109 cm³/mol. The molecule has 0 saturated heterocycles. The summed E-state index contributed by atoms with van der Waals surface area (Å²) in [7, 11) is 0. The topological polar surface area (TPSA) is 74.7 Å². The molecule has 0 unspecified atom stereocenters. The van der Waals surface area contributed by atoms with Crippen LogP contribution in [0.4, 0.5) is 0 Å². The minimum absolute atomic E-state index is 0.0474. The van der Waals surface area contributed by atoms with Gasteiger partial charge < -0.3 is 5.32 Å².